The summed E-state index contributed by atoms with van der Waals surface area (Å²) >= 11 is 0. The number of aryl methyl sites for hydroxylation is 1. The molecule has 9 rings (SSSR count). The van der Waals surface area contributed by atoms with Gasteiger partial charge in [-0.05, 0) is 97.4 Å². The Morgan fingerprint density at radius 1 is 1.00 bits per heavy atom. The molecule has 3 aromatic rings. The van der Waals surface area contributed by atoms with Gasteiger partial charge in [0.2, 0.25) is 0 Å². The standard InChI is InChI=1S/C34H36N2O3/c1-19-5-4-8-23-22-6-2-3-7-24(22)30(28(19)23)35-25-13-14-34(38)27-17-21-11-12-26(37)31-29(21)33(34,32(25)39-31)15-16-36(27)18-20-9-10-20/h2-8,11-12,20,25,27,30,32,35,37-38H,9-10,13-18H2,1H3/t25-,27-,30?,32+,33+,34-/m1/s1. The van der Waals surface area contributed by atoms with E-state index < -0.39 is 11.0 Å². The van der Waals surface area contributed by atoms with Gasteiger partial charge in [-0.15, -0.1) is 0 Å². The average Bonchev–Trinajstić information content (AvgIpc) is 3.60. The first kappa shape index (κ1) is 22.9. The highest BCUT2D eigenvalue weighted by Gasteiger charge is 2.73. The van der Waals surface area contributed by atoms with Crippen LogP contribution in [0.2, 0.25) is 0 Å². The second-order valence-electron chi connectivity index (χ2n) is 13.2. The fraction of sp³-hybridized carbons (Fsp3) is 0.471. The fourth-order valence-electron chi connectivity index (χ4n) is 9.49. The van der Waals surface area contributed by atoms with Crippen LogP contribution < -0.4 is 10.1 Å². The summed E-state index contributed by atoms with van der Waals surface area (Å²) in [4.78, 5) is 2.61. The molecule has 6 atom stereocenters. The smallest absolute Gasteiger partial charge is 0.165 e. The molecule has 1 spiro atoms. The summed E-state index contributed by atoms with van der Waals surface area (Å²) in [6, 6.07) is 19.5. The Balaban J connectivity index is 1.16. The number of hydrogen-bond acceptors (Lipinski definition) is 5. The summed E-state index contributed by atoms with van der Waals surface area (Å²) in [5, 5.41) is 27.9. The van der Waals surface area contributed by atoms with Gasteiger partial charge in [0, 0.05) is 24.2 Å². The minimum absolute atomic E-state index is 0.0577. The molecule has 5 nitrogen and oxygen atoms in total. The number of nitrogens with zero attached hydrogens (tertiary/aromatic N) is 1. The molecule has 39 heavy (non-hydrogen) atoms. The van der Waals surface area contributed by atoms with Crippen LogP contribution in [0.5, 0.6) is 11.5 Å². The maximum atomic E-state index is 12.8. The molecule has 0 radical (unpaired) electrons. The second-order valence-corrected chi connectivity index (χ2v) is 13.2. The SMILES string of the molecule is Cc1cccc2c1C(N[C@@H]1CC[C@@]3(O)[C@H]4Cc5ccc(O)c6c5[C@@]3(CCN4CC3CC3)[C@H]1O6)c1ccccc1-2. The van der Waals surface area contributed by atoms with E-state index in [1.54, 1.807) is 0 Å². The van der Waals surface area contributed by atoms with Crippen molar-refractivity contribution in [1.29, 1.82) is 0 Å². The van der Waals surface area contributed by atoms with E-state index in [1.165, 1.54) is 46.2 Å². The quantitative estimate of drug-likeness (QED) is 0.452. The van der Waals surface area contributed by atoms with Crippen molar-refractivity contribution in [1.82, 2.24) is 10.2 Å². The van der Waals surface area contributed by atoms with Gasteiger partial charge in [-0.25, -0.2) is 0 Å². The fourth-order valence-corrected chi connectivity index (χ4v) is 9.49. The molecule has 1 unspecified atom stereocenters. The molecular formula is C34H36N2O3. The zero-order chi connectivity index (χ0) is 26.1. The first-order chi connectivity index (χ1) is 19.0. The topological polar surface area (TPSA) is 65.0 Å². The van der Waals surface area contributed by atoms with Crippen molar-refractivity contribution in [2.45, 2.75) is 80.7 Å². The van der Waals surface area contributed by atoms with Gasteiger partial charge in [0.25, 0.3) is 0 Å². The van der Waals surface area contributed by atoms with Crippen LogP contribution in [0.4, 0.5) is 0 Å². The summed E-state index contributed by atoms with van der Waals surface area (Å²) in [6.07, 6.45) is 5.73. The Hall–Kier alpha value is -2.86. The molecule has 3 aromatic carbocycles. The lowest BCUT2D eigenvalue weighted by Crippen LogP contribution is -2.78. The monoisotopic (exact) mass is 520 g/mol. The largest absolute Gasteiger partial charge is 0.504 e. The van der Waals surface area contributed by atoms with Crippen LogP contribution in [0, 0.1) is 12.8 Å². The molecule has 3 fully saturated rings. The first-order valence-corrected chi connectivity index (χ1v) is 14.9. The number of likely N-dealkylation sites (tertiary alicyclic amines) is 1. The summed E-state index contributed by atoms with van der Waals surface area (Å²) < 4.78 is 6.84. The van der Waals surface area contributed by atoms with Crippen LogP contribution in [-0.2, 0) is 11.8 Å². The number of aromatic hydroxyl groups is 1. The maximum Gasteiger partial charge on any atom is 0.165 e. The van der Waals surface area contributed by atoms with E-state index in [9.17, 15) is 10.2 Å². The number of aliphatic hydroxyl groups is 1. The third-order valence-corrected chi connectivity index (χ3v) is 11.3. The molecule has 0 amide bonds. The van der Waals surface area contributed by atoms with Gasteiger partial charge in [-0.1, -0.05) is 48.5 Å². The van der Waals surface area contributed by atoms with Crippen molar-refractivity contribution in [3.63, 3.8) is 0 Å². The lowest BCUT2D eigenvalue weighted by molar-refractivity contribution is -0.192. The Morgan fingerprint density at radius 2 is 1.85 bits per heavy atom. The molecule has 5 heteroatoms. The third kappa shape index (κ3) is 2.81. The summed E-state index contributed by atoms with van der Waals surface area (Å²) in [5.74, 6) is 1.63. The molecule has 3 N–H and O–H groups in total. The summed E-state index contributed by atoms with van der Waals surface area (Å²) in [6.45, 7) is 4.30. The number of hydrogen-bond donors (Lipinski definition) is 3. The van der Waals surface area contributed by atoms with Crippen LogP contribution in [-0.4, -0.2) is 52.0 Å². The Morgan fingerprint density at radius 3 is 2.72 bits per heavy atom. The number of phenols is 1. The van der Waals surface area contributed by atoms with Crippen molar-refractivity contribution in [2.24, 2.45) is 5.92 Å². The molecule has 200 valence electrons. The molecular weight excluding hydrogens is 484 g/mol. The number of ether oxygens (including phenoxy) is 1. The maximum absolute atomic E-state index is 12.8. The lowest BCUT2D eigenvalue weighted by Gasteiger charge is -2.64. The van der Waals surface area contributed by atoms with E-state index in [0.717, 1.165) is 50.3 Å². The molecule has 2 aliphatic heterocycles. The molecule has 2 heterocycles. The third-order valence-electron chi connectivity index (χ3n) is 11.3. The summed E-state index contributed by atoms with van der Waals surface area (Å²) in [5.41, 5.74) is 7.61. The molecule has 4 aliphatic carbocycles. The average molecular weight is 521 g/mol. The van der Waals surface area contributed by atoms with E-state index in [-0.39, 0.29) is 30.0 Å². The van der Waals surface area contributed by atoms with Gasteiger partial charge in [0.1, 0.15) is 6.10 Å². The minimum atomic E-state index is -0.851. The van der Waals surface area contributed by atoms with Crippen LogP contribution >= 0.6 is 0 Å². The molecule has 6 aliphatic rings. The number of rotatable bonds is 4. The van der Waals surface area contributed by atoms with E-state index >= 15 is 0 Å². The van der Waals surface area contributed by atoms with Gasteiger partial charge in [-0.2, -0.15) is 0 Å². The van der Waals surface area contributed by atoms with Crippen LogP contribution in [0.1, 0.15) is 66.0 Å². The molecule has 1 saturated heterocycles. The number of fused-ring (bicyclic) bond motifs is 3. The van der Waals surface area contributed by atoms with E-state index in [1.807, 2.05) is 6.07 Å². The van der Waals surface area contributed by atoms with Crippen LogP contribution in [0.25, 0.3) is 11.1 Å². The highest BCUT2D eigenvalue weighted by atomic mass is 16.5. The molecule has 2 saturated carbocycles. The lowest BCUT2D eigenvalue weighted by atomic mass is 9.48. The van der Waals surface area contributed by atoms with E-state index in [0.29, 0.717) is 5.75 Å². The van der Waals surface area contributed by atoms with Crippen LogP contribution in [0.3, 0.4) is 0 Å². The van der Waals surface area contributed by atoms with Crippen molar-refractivity contribution in [2.75, 3.05) is 13.1 Å². The van der Waals surface area contributed by atoms with Gasteiger partial charge < -0.3 is 14.9 Å². The number of benzene rings is 3. The zero-order valence-electron chi connectivity index (χ0n) is 22.5. The van der Waals surface area contributed by atoms with Crippen molar-refractivity contribution in [3.8, 4) is 22.6 Å². The molecule has 2 bridgehead atoms. The Bertz CT molecular complexity index is 1530. The van der Waals surface area contributed by atoms with E-state index in [4.69, 9.17) is 4.74 Å². The van der Waals surface area contributed by atoms with Gasteiger partial charge in [0.15, 0.2) is 11.5 Å². The van der Waals surface area contributed by atoms with Crippen molar-refractivity contribution >= 4 is 0 Å². The normalized spacial score (nSPS) is 35.2. The van der Waals surface area contributed by atoms with Crippen molar-refractivity contribution in [3.05, 3.63) is 82.4 Å². The van der Waals surface area contributed by atoms with Gasteiger partial charge in [0.05, 0.1) is 17.1 Å². The number of nitrogens with one attached hydrogen (secondary N) is 1. The molecule has 0 aromatic heterocycles. The van der Waals surface area contributed by atoms with Gasteiger partial charge in [-0.3, -0.25) is 10.2 Å². The predicted molar refractivity (Wildman–Crippen MR) is 150 cm³/mol. The number of phenolic OH excluding ortho intramolecular Hbond substituents is 1. The highest BCUT2D eigenvalue weighted by Crippen LogP contribution is 2.66. The second kappa shape index (κ2) is 7.66. The predicted octanol–water partition coefficient (Wildman–Crippen LogP) is 4.99. The Kier molecular flexibility index (Phi) is 4.50. The zero-order valence-corrected chi connectivity index (χ0v) is 22.5. The minimum Gasteiger partial charge on any atom is -0.504 e. The number of piperidine rings is 1. The first-order valence-electron chi connectivity index (χ1n) is 14.9. The van der Waals surface area contributed by atoms with Gasteiger partial charge >= 0.3 is 0 Å². The highest BCUT2D eigenvalue weighted by molar-refractivity contribution is 5.79. The Labute approximate surface area is 229 Å². The van der Waals surface area contributed by atoms with E-state index in [2.05, 4.69) is 65.7 Å². The van der Waals surface area contributed by atoms with Crippen molar-refractivity contribution < 1.29 is 14.9 Å². The summed E-state index contributed by atoms with van der Waals surface area (Å²) in [7, 11) is 0. The van der Waals surface area contributed by atoms with Crippen LogP contribution in [0.15, 0.2) is 54.6 Å².